The second kappa shape index (κ2) is 9.94. The van der Waals surface area contributed by atoms with Gasteiger partial charge >= 0.3 is 0 Å². The molecule has 1 aliphatic heterocycles. The van der Waals surface area contributed by atoms with E-state index in [1.165, 1.54) is 12.1 Å². The minimum atomic E-state index is -0.448. The molecule has 2 amide bonds. The molecule has 0 saturated carbocycles. The Hall–Kier alpha value is -2.89. The van der Waals surface area contributed by atoms with E-state index >= 15 is 0 Å². The van der Waals surface area contributed by atoms with Crippen LogP contribution in [0.3, 0.4) is 0 Å². The van der Waals surface area contributed by atoms with Crippen molar-refractivity contribution in [2.24, 2.45) is 0 Å². The fourth-order valence-corrected chi connectivity index (χ4v) is 4.82. The van der Waals surface area contributed by atoms with Gasteiger partial charge in [0.15, 0.2) is 0 Å². The SMILES string of the molecule is O=C1S/C(=C/c2ccc(OCc3cccc([N+](=O)[O-])c3)c(I)c2)C(=O)N1c1cccc(Cl)c1. The number of rotatable bonds is 6. The molecule has 0 unspecified atom stereocenters. The van der Waals surface area contributed by atoms with Crippen LogP contribution in [-0.2, 0) is 11.4 Å². The largest absolute Gasteiger partial charge is 0.488 e. The summed E-state index contributed by atoms with van der Waals surface area (Å²) in [4.78, 5) is 37.1. The van der Waals surface area contributed by atoms with Crippen molar-refractivity contribution in [2.75, 3.05) is 4.90 Å². The van der Waals surface area contributed by atoms with Crippen LogP contribution < -0.4 is 9.64 Å². The van der Waals surface area contributed by atoms with Crippen molar-refractivity contribution < 1.29 is 19.2 Å². The monoisotopic (exact) mass is 592 g/mol. The van der Waals surface area contributed by atoms with Crippen molar-refractivity contribution >= 4 is 74.6 Å². The third-order valence-electron chi connectivity index (χ3n) is 4.63. The number of hydrogen-bond acceptors (Lipinski definition) is 6. The molecule has 3 aromatic carbocycles. The normalized spacial score (nSPS) is 14.7. The van der Waals surface area contributed by atoms with Crippen molar-refractivity contribution in [1.29, 1.82) is 0 Å². The molecule has 1 heterocycles. The lowest BCUT2D eigenvalue weighted by Crippen LogP contribution is -2.27. The van der Waals surface area contributed by atoms with E-state index in [9.17, 15) is 19.7 Å². The topological polar surface area (TPSA) is 89.7 Å². The smallest absolute Gasteiger partial charge is 0.298 e. The number of halogens is 2. The van der Waals surface area contributed by atoms with Gasteiger partial charge in [0, 0.05) is 17.2 Å². The Balaban J connectivity index is 1.49. The maximum absolute atomic E-state index is 12.8. The molecule has 0 aromatic heterocycles. The summed E-state index contributed by atoms with van der Waals surface area (Å²) in [5.74, 6) is 0.194. The maximum Gasteiger partial charge on any atom is 0.298 e. The van der Waals surface area contributed by atoms with Gasteiger partial charge in [0.25, 0.3) is 16.8 Å². The number of carbonyl (C=O) groups is 2. The average Bonchev–Trinajstić information content (AvgIpc) is 3.06. The first-order valence-electron chi connectivity index (χ1n) is 9.51. The third kappa shape index (κ3) is 5.37. The Morgan fingerprint density at radius 1 is 1.09 bits per heavy atom. The van der Waals surface area contributed by atoms with Crippen LogP contribution in [0.4, 0.5) is 16.2 Å². The molecule has 0 N–H and O–H groups in total. The summed E-state index contributed by atoms with van der Waals surface area (Å²) in [6.07, 6.45) is 1.65. The average molecular weight is 593 g/mol. The molecule has 0 spiro atoms. The zero-order valence-electron chi connectivity index (χ0n) is 16.7. The molecular formula is C23H14ClIN2O5S. The van der Waals surface area contributed by atoms with Gasteiger partial charge in [0.05, 0.1) is 19.1 Å². The van der Waals surface area contributed by atoms with Crippen molar-refractivity contribution in [3.05, 3.63) is 101 Å². The molecule has 4 rings (SSSR count). The highest BCUT2D eigenvalue weighted by Crippen LogP contribution is 2.37. The first-order chi connectivity index (χ1) is 15.8. The number of hydrogen-bond donors (Lipinski definition) is 0. The van der Waals surface area contributed by atoms with E-state index in [0.717, 1.165) is 25.8 Å². The van der Waals surface area contributed by atoms with Crippen LogP contribution in [0, 0.1) is 13.7 Å². The molecule has 7 nitrogen and oxygen atoms in total. The lowest BCUT2D eigenvalue weighted by Gasteiger charge is -2.12. The molecule has 33 heavy (non-hydrogen) atoms. The molecule has 1 saturated heterocycles. The van der Waals surface area contributed by atoms with E-state index in [-0.39, 0.29) is 17.5 Å². The van der Waals surface area contributed by atoms with Gasteiger partial charge in [-0.3, -0.25) is 19.7 Å². The van der Waals surface area contributed by atoms with E-state index in [1.807, 2.05) is 6.07 Å². The van der Waals surface area contributed by atoms with Crippen molar-refractivity contribution in [3.63, 3.8) is 0 Å². The molecule has 0 atom stereocenters. The summed E-state index contributed by atoms with van der Waals surface area (Å²) in [5, 5.41) is 11.0. The minimum absolute atomic E-state index is 0.00728. The number of carbonyl (C=O) groups excluding carboxylic acids is 2. The van der Waals surface area contributed by atoms with Crippen LogP contribution >= 0.6 is 46.0 Å². The van der Waals surface area contributed by atoms with Gasteiger partial charge in [-0.15, -0.1) is 0 Å². The zero-order valence-corrected chi connectivity index (χ0v) is 20.5. The highest BCUT2D eigenvalue weighted by atomic mass is 127. The number of benzene rings is 3. The molecule has 0 aliphatic carbocycles. The van der Waals surface area contributed by atoms with Gasteiger partial charge in [0.2, 0.25) is 0 Å². The van der Waals surface area contributed by atoms with Crippen molar-refractivity contribution in [1.82, 2.24) is 0 Å². The number of thioether (sulfide) groups is 1. The van der Waals surface area contributed by atoms with Gasteiger partial charge in [-0.1, -0.05) is 35.9 Å². The van der Waals surface area contributed by atoms with Gasteiger partial charge in [-0.25, -0.2) is 4.90 Å². The zero-order chi connectivity index (χ0) is 23.5. The molecule has 10 heteroatoms. The van der Waals surface area contributed by atoms with Gasteiger partial charge in [-0.2, -0.15) is 0 Å². The van der Waals surface area contributed by atoms with Crippen LogP contribution in [0.2, 0.25) is 5.02 Å². The number of nitro benzene ring substituents is 1. The lowest BCUT2D eigenvalue weighted by atomic mass is 10.2. The number of nitro groups is 1. The van der Waals surface area contributed by atoms with E-state index in [4.69, 9.17) is 16.3 Å². The van der Waals surface area contributed by atoms with E-state index in [1.54, 1.807) is 54.6 Å². The van der Waals surface area contributed by atoms with Crippen LogP contribution in [0.5, 0.6) is 5.75 Å². The number of non-ortho nitro benzene ring substituents is 1. The van der Waals surface area contributed by atoms with Gasteiger partial charge in [-0.05, 0) is 81.9 Å². The first-order valence-corrected chi connectivity index (χ1v) is 11.8. The van der Waals surface area contributed by atoms with E-state index in [2.05, 4.69) is 22.6 Å². The fourth-order valence-electron chi connectivity index (χ4n) is 3.10. The number of nitrogens with zero attached hydrogens (tertiary/aromatic N) is 2. The van der Waals surface area contributed by atoms with Crippen LogP contribution in [0.25, 0.3) is 6.08 Å². The Labute approximate surface area is 211 Å². The minimum Gasteiger partial charge on any atom is -0.488 e. The molecule has 166 valence electrons. The standard InChI is InChI=1S/C23H14ClIN2O5S/c24-16-4-2-5-17(12-16)26-22(28)21(33-23(26)29)11-14-7-8-20(19(25)10-14)32-13-15-3-1-6-18(9-15)27(30)31/h1-12H,13H2/b21-11+. The summed E-state index contributed by atoms with van der Waals surface area (Å²) in [5.41, 5.74) is 1.85. The third-order valence-corrected chi connectivity index (χ3v) is 6.58. The van der Waals surface area contributed by atoms with Crippen molar-refractivity contribution in [3.8, 4) is 5.75 Å². The van der Waals surface area contributed by atoms with E-state index < -0.39 is 10.8 Å². The summed E-state index contributed by atoms with van der Waals surface area (Å²) in [6.45, 7) is 0.176. The Morgan fingerprint density at radius 2 is 1.88 bits per heavy atom. The molecular weight excluding hydrogens is 579 g/mol. The molecule has 1 fully saturated rings. The van der Waals surface area contributed by atoms with Gasteiger partial charge in [0.1, 0.15) is 12.4 Å². The van der Waals surface area contributed by atoms with Crippen LogP contribution in [0.15, 0.2) is 71.6 Å². The number of ether oxygens (including phenoxy) is 1. The molecule has 1 aliphatic rings. The Bertz CT molecular complexity index is 1310. The molecule has 3 aromatic rings. The summed E-state index contributed by atoms with van der Waals surface area (Å²) >= 11 is 8.97. The van der Waals surface area contributed by atoms with Crippen molar-refractivity contribution in [2.45, 2.75) is 6.61 Å². The first kappa shape index (κ1) is 23.3. The predicted molar refractivity (Wildman–Crippen MR) is 136 cm³/mol. The predicted octanol–water partition coefficient (Wildman–Crippen LogP) is 6.67. The summed E-state index contributed by atoms with van der Waals surface area (Å²) in [6, 6.07) is 18.2. The number of amides is 2. The highest BCUT2D eigenvalue weighted by Gasteiger charge is 2.36. The number of anilines is 1. The second-order valence-corrected chi connectivity index (χ2v) is 9.49. The van der Waals surface area contributed by atoms with Gasteiger partial charge < -0.3 is 4.74 Å². The lowest BCUT2D eigenvalue weighted by molar-refractivity contribution is -0.384. The number of imide groups is 1. The highest BCUT2D eigenvalue weighted by molar-refractivity contribution is 14.1. The quantitative estimate of drug-likeness (QED) is 0.137. The Morgan fingerprint density at radius 3 is 2.61 bits per heavy atom. The molecule has 0 radical (unpaired) electrons. The molecule has 0 bridgehead atoms. The van der Waals surface area contributed by atoms with Crippen LogP contribution in [0.1, 0.15) is 11.1 Å². The summed E-state index contributed by atoms with van der Waals surface area (Å²) < 4.78 is 6.60. The van der Waals surface area contributed by atoms with E-state index in [0.29, 0.717) is 26.9 Å². The second-order valence-electron chi connectivity index (χ2n) is 6.90. The fraction of sp³-hybridized carbons (Fsp3) is 0.0435. The Kier molecular flexibility index (Phi) is 7.01. The van der Waals surface area contributed by atoms with Crippen LogP contribution in [-0.4, -0.2) is 16.1 Å². The maximum atomic E-state index is 12.8. The summed E-state index contributed by atoms with van der Waals surface area (Å²) in [7, 11) is 0.